The van der Waals surface area contributed by atoms with Gasteiger partial charge in [0.15, 0.2) is 0 Å². The van der Waals surface area contributed by atoms with Gasteiger partial charge in [0.2, 0.25) is 0 Å². The first kappa shape index (κ1) is 16.0. The Balaban J connectivity index is 2.36. The lowest BCUT2D eigenvalue weighted by Gasteiger charge is -2.10. The molecule has 0 bridgehead atoms. The van der Waals surface area contributed by atoms with E-state index in [0.29, 0.717) is 25.4 Å². The summed E-state index contributed by atoms with van der Waals surface area (Å²) in [4.78, 5) is 23.0. The van der Waals surface area contributed by atoms with Crippen molar-refractivity contribution in [3.05, 3.63) is 29.8 Å². The van der Waals surface area contributed by atoms with Crippen LogP contribution < -0.4 is 15.4 Å². The highest BCUT2D eigenvalue weighted by atomic mass is 16.5. The van der Waals surface area contributed by atoms with Crippen LogP contribution >= 0.6 is 0 Å². The Morgan fingerprint density at radius 2 is 1.80 bits per heavy atom. The Labute approximate surface area is 119 Å². The second kappa shape index (κ2) is 8.19. The van der Waals surface area contributed by atoms with E-state index >= 15 is 0 Å². The average molecular weight is 278 g/mol. The number of hydrogen-bond acceptors (Lipinski definition) is 3. The lowest BCUT2D eigenvalue weighted by atomic mass is 10.1. The molecule has 20 heavy (non-hydrogen) atoms. The number of methoxy groups -OCH3 is 1. The molecule has 0 saturated carbocycles. The zero-order chi connectivity index (χ0) is 15.0. The fourth-order valence-corrected chi connectivity index (χ4v) is 1.68. The van der Waals surface area contributed by atoms with Crippen molar-refractivity contribution in [2.45, 2.75) is 20.3 Å². The van der Waals surface area contributed by atoms with Crippen molar-refractivity contribution in [2.75, 3.05) is 20.2 Å². The Morgan fingerprint density at radius 1 is 1.15 bits per heavy atom. The van der Waals surface area contributed by atoms with Gasteiger partial charge in [0.1, 0.15) is 5.75 Å². The molecule has 0 aliphatic heterocycles. The lowest BCUT2D eigenvalue weighted by molar-refractivity contribution is -0.139. The molecule has 0 aliphatic rings. The molecule has 0 spiro atoms. The molecule has 0 aromatic heterocycles. The maximum atomic E-state index is 11.5. The topological polar surface area (TPSA) is 67.4 Å². The van der Waals surface area contributed by atoms with Crippen molar-refractivity contribution in [1.82, 2.24) is 10.6 Å². The number of nitrogens with one attached hydrogen (secondary N) is 2. The Morgan fingerprint density at radius 3 is 2.45 bits per heavy atom. The van der Waals surface area contributed by atoms with Gasteiger partial charge in [0.05, 0.1) is 7.11 Å². The van der Waals surface area contributed by atoms with Gasteiger partial charge >= 0.3 is 11.8 Å². The van der Waals surface area contributed by atoms with Crippen molar-refractivity contribution < 1.29 is 14.3 Å². The number of carbonyl (C=O) groups is 2. The number of hydrogen-bond donors (Lipinski definition) is 2. The lowest BCUT2D eigenvalue weighted by Crippen LogP contribution is -2.41. The molecule has 5 nitrogen and oxygen atoms in total. The first-order valence-corrected chi connectivity index (χ1v) is 6.72. The molecule has 5 heteroatoms. The van der Waals surface area contributed by atoms with Gasteiger partial charge in [-0.05, 0) is 24.0 Å². The second-order valence-electron chi connectivity index (χ2n) is 4.92. The molecule has 110 valence electrons. The van der Waals surface area contributed by atoms with Crippen LogP contribution in [0.3, 0.4) is 0 Å². The number of benzene rings is 1. The van der Waals surface area contributed by atoms with E-state index < -0.39 is 11.8 Å². The van der Waals surface area contributed by atoms with Crippen molar-refractivity contribution in [3.8, 4) is 5.75 Å². The summed E-state index contributed by atoms with van der Waals surface area (Å²) < 4.78 is 5.22. The molecule has 1 aromatic carbocycles. The zero-order valence-electron chi connectivity index (χ0n) is 12.2. The summed E-state index contributed by atoms with van der Waals surface area (Å²) in [6.07, 6.45) is 0.618. The summed E-state index contributed by atoms with van der Waals surface area (Å²) in [5, 5.41) is 5.18. The standard InChI is InChI=1S/C15H22N2O3/c1-11(2)10-17-15(19)14(18)16-9-8-12-6-4-5-7-13(12)20-3/h4-7,11H,8-10H2,1-3H3,(H,16,18)(H,17,19). The van der Waals surface area contributed by atoms with Gasteiger partial charge in [0.25, 0.3) is 0 Å². The monoisotopic (exact) mass is 278 g/mol. The molecule has 0 heterocycles. The van der Waals surface area contributed by atoms with Crippen LogP contribution in [0.1, 0.15) is 19.4 Å². The first-order chi connectivity index (χ1) is 9.54. The van der Waals surface area contributed by atoms with Crippen molar-refractivity contribution >= 4 is 11.8 Å². The molecule has 0 aliphatic carbocycles. The highest BCUT2D eigenvalue weighted by Gasteiger charge is 2.12. The van der Waals surface area contributed by atoms with Gasteiger partial charge in [-0.3, -0.25) is 9.59 Å². The van der Waals surface area contributed by atoms with Gasteiger partial charge < -0.3 is 15.4 Å². The molecule has 2 N–H and O–H groups in total. The van der Waals surface area contributed by atoms with Gasteiger partial charge in [0, 0.05) is 13.1 Å². The second-order valence-corrected chi connectivity index (χ2v) is 4.92. The van der Waals surface area contributed by atoms with E-state index in [9.17, 15) is 9.59 Å². The molecule has 0 atom stereocenters. The number of carbonyl (C=O) groups excluding carboxylic acids is 2. The van der Waals surface area contributed by atoms with Crippen molar-refractivity contribution in [3.63, 3.8) is 0 Å². The smallest absolute Gasteiger partial charge is 0.309 e. The summed E-state index contributed by atoms with van der Waals surface area (Å²) >= 11 is 0. The van der Waals surface area contributed by atoms with Crippen LogP contribution in [0, 0.1) is 5.92 Å². The van der Waals surface area contributed by atoms with Crippen LogP contribution in [0.2, 0.25) is 0 Å². The van der Waals surface area contributed by atoms with E-state index in [1.165, 1.54) is 0 Å². The van der Waals surface area contributed by atoms with Gasteiger partial charge in [-0.2, -0.15) is 0 Å². The van der Waals surface area contributed by atoms with Crippen molar-refractivity contribution in [2.24, 2.45) is 5.92 Å². The average Bonchev–Trinajstić information content (AvgIpc) is 2.45. The molecule has 1 rings (SSSR count). The minimum Gasteiger partial charge on any atom is -0.496 e. The molecule has 2 amide bonds. The van der Waals surface area contributed by atoms with Gasteiger partial charge in [-0.15, -0.1) is 0 Å². The van der Waals surface area contributed by atoms with E-state index in [4.69, 9.17) is 4.74 Å². The third-order valence-electron chi connectivity index (χ3n) is 2.75. The van der Waals surface area contributed by atoms with E-state index in [1.54, 1.807) is 7.11 Å². The summed E-state index contributed by atoms with van der Waals surface area (Å²) in [5.74, 6) is -0.0781. The highest BCUT2D eigenvalue weighted by molar-refractivity contribution is 6.35. The Kier molecular flexibility index (Phi) is 6.56. The van der Waals surface area contributed by atoms with Crippen LogP contribution in [-0.2, 0) is 16.0 Å². The zero-order valence-corrected chi connectivity index (χ0v) is 12.2. The summed E-state index contributed by atoms with van der Waals surface area (Å²) in [6, 6.07) is 7.60. The highest BCUT2D eigenvalue weighted by Crippen LogP contribution is 2.17. The van der Waals surface area contributed by atoms with Gasteiger partial charge in [-0.25, -0.2) is 0 Å². The summed E-state index contributed by atoms with van der Waals surface area (Å²) in [5.41, 5.74) is 0.998. The van der Waals surface area contributed by atoms with E-state index in [-0.39, 0.29) is 0 Å². The van der Waals surface area contributed by atoms with Crippen LogP contribution in [0.15, 0.2) is 24.3 Å². The van der Waals surface area contributed by atoms with Crippen LogP contribution in [0.4, 0.5) is 0 Å². The first-order valence-electron chi connectivity index (χ1n) is 6.72. The molecule has 1 aromatic rings. The van der Waals surface area contributed by atoms with Gasteiger partial charge in [-0.1, -0.05) is 32.0 Å². The molecule has 0 radical (unpaired) electrons. The van der Waals surface area contributed by atoms with Crippen LogP contribution in [-0.4, -0.2) is 32.0 Å². The fraction of sp³-hybridized carbons (Fsp3) is 0.467. The molecule has 0 unspecified atom stereocenters. The minimum atomic E-state index is -0.597. The van der Waals surface area contributed by atoms with E-state index in [0.717, 1.165) is 11.3 Å². The van der Waals surface area contributed by atoms with Crippen LogP contribution in [0.25, 0.3) is 0 Å². The van der Waals surface area contributed by atoms with Crippen LogP contribution in [0.5, 0.6) is 5.75 Å². The molecule has 0 saturated heterocycles. The molecular formula is C15H22N2O3. The maximum Gasteiger partial charge on any atom is 0.309 e. The Hall–Kier alpha value is -2.04. The van der Waals surface area contributed by atoms with E-state index in [2.05, 4.69) is 10.6 Å². The fourth-order valence-electron chi connectivity index (χ4n) is 1.68. The third-order valence-corrected chi connectivity index (χ3v) is 2.75. The summed E-state index contributed by atoms with van der Waals surface area (Å²) in [7, 11) is 1.61. The number of amides is 2. The van der Waals surface area contributed by atoms with E-state index in [1.807, 2.05) is 38.1 Å². The SMILES string of the molecule is COc1ccccc1CCNC(=O)C(=O)NCC(C)C. The largest absolute Gasteiger partial charge is 0.496 e. The quantitative estimate of drug-likeness (QED) is 0.766. The number of para-hydroxylation sites is 1. The Bertz CT molecular complexity index is 458. The maximum absolute atomic E-state index is 11.5. The number of rotatable bonds is 6. The normalized spacial score (nSPS) is 10.2. The molecule has 0 fully saturated rings. The third kappa shape index (κ3) is 5.30. The summed E-state index contributed by atoms with van der Waals surface area (Å²) in [6.45, 7) is 4.84. The predicted molar refractivity (Wildman–Crippen MR) is 77.6 cm³/mol. The minimum absolute atomic E-state index is 0.320. The predicted octanol–water partition coefficient (Wildman–Crippen LogP) is 1.13. The molecular weight excluding hydrogens is 256 g/mol. The number of ether oxygens (including phenoxy) is 1. The van der Waals surface area contributed by atoms with Crippen molar-refractivity contribution in [1.29, 1.82) is 0 Å².